The minimum Gasteiger partial charge on any atom is -0.494 e. The summed E-state index contributed by atoms with van der Waals surface area (Å²) in [5, 5.41) is 4.03. The van der Waals surface area contributed by atoms with E-state index >= 15 is 0 Å². The van der Waals surface area contributed by atoms with Gasteiger partial charge in [0.05, 0.1) is 19.9 Å². The van der Waals surface area contributed by atoms with Crippen LogP contribution in [0.1, 0.15) is 34.0 Å². The van der Waals surface area contributed by atoms with E-state index in [1.165, 1.54) is 5.56 Å². The van der Waals surface area contributed by atoms with Crippen molar-refractivity contribution in [3.05, 3.63) is 89.0 Å². The highest BCUT2D eigenvalue weighted by Gasteiger charge is 2.07. The Labute approximate surface area is 182 Å². The first-order valence-corrected chi connectivity index (χ1v) is 10.0. The molecule has 0 heterocycles. The maximum absolute atomic E-state index is 12.2. The number of nitrogens with zero attached hydrogens (tertiary/aromatic N) is 1. The summed E-state index contributed by atoms with van der Waals surface area (Å²) in [7, 11) is 1.59. The van der Waals surface area contributed by atoms with Gasteiger partial charge in [0.25, 0.3) is 5.91 Å². The van der Waals surface area contributed by atoms with Crippen LogP contribution in [0.5, 0.6) is 17.2 Å². The van der Waals surface area contributed by atoms with Gasteiger partial charge >= 0.3 is 0 Å². The molecule has 0 aromatic heterocycles. The van der Waals surface area contributed by atoms with E-state index in [0.717, 1.165) is 16.9 Å². The van der Waals surface area contributed by atoms with Crippen molar-refractivity contribution < 1.29 is 19.0 Å². The van der Waals surface area contributed by atoms with E-state index in [2.05, 4.69) is 29.6 Å². The van der Waals surface area contributed by atoms with Crippen LogP contribution in [0, 0.1) is 6.92 Å². The summed E-state index contributed by atoms with van der Waals surface area (Å²) in [4.78, 5) is 12.2. The molecule has 0 aliphatic rings. The molecule has 0 aliphatic heterocycles. The maximum atomic E-state index is 12.2. The van der Waals surface area contributed by atoms with Crippen molar-refractivity contribution in [2.75, 3.05) is 13.7 Å². The molecule has 31 heavy (non-hydrogen) atoms. The predicted octanol–water partition coefficient (Wildman–Crippen LogP) is 4.75. The van der Waals surface area contributed by atoms with Gasteiger partial charge in [-0.25, -0.2) is 5.43 Å². The Morgan fingerprint density at radius 1 is 0.968 bits per heavy atom. The normalized spacial score (nSPS) is 10.7. The Morgan fingerprint density at radius 3 is 2.39 bits per heavy atom. The average molecular weight is 418 g/mol. The molecule has 3 aromatic rings. The summed E-state index contributed by atoms with van der Waals surface area (Å²) in [6.45, 7) is 4.98. The zero-order chi connectivity index (χ0) is 22.1. The molecule has 0 fully saturated rings. The zero-order valence-corrected chi connectivity index (χ0v) is 17.9. The number of nitrogens with one attached hydrogen (secondary N) is 1. The second-order valence-corrected chi connectivity index (χ2v) is 6.84. The van der Waals surface area contributed by atoms with Crippen LogP contribution >= 0.6 is 0 Å². The summed E-state index contributed by atoms with van der Waals surface area (Å²) < 4.78 is 16.7. The summed E-state index contributed by atoms with van der Waals surface area (Å²) in [5.74, 6) is 1.65. The van der Waals surface area contributed by atoms with Crippen molar-refractivity contribution >= 4 is 12.1 Å². The van der Waals surface area contributed by atoms with Crippen molar-refractivity contribution in [3.8, 4) is 17.2 Å². The van der Waals surface area contributed by atoms with Gasteiger partial charge in [-0.15, -0.1) is 0 Å². The highest BCUT2D eigenvalue weighted by molar-refractivity contribution is 5.95. The molecule has 0 bridgehead atoms. The lowest BCUT2D eigenvalue weighted by Crippen LogP contribution is -2.17. The highest BCUT2D eigenvalue weighted by Crippen LogP contribution is 2.28. The molecule has 0 saturated heterocycles. The number of rotatable bonds is 9. The van der Waals surface area contributed by atoms with Crippen molar-refractivity contribution in [1.29, 1.82) is 0 Å². The second kappa shape index (κ2) is 10.8. The SMILES string of the molecule is CCOc1ccc(C(=O)N/N=C/c2ccc(OCc3ccc(C)cc3)c(OC)c2)cc1. The van der Waals surface area contributed by atoms with Gasteiger partial charge in [0.2, 0.25) is 0 Å². The third kappa shape index (κ3) is 6.34. The number of ether oxygens (including phenoxy) is 3. The number of hydrogen-bond donors (Lipinski definition) is 1. The van der Waals surface area contributed by atoms with Gasteiger partial charge in [0, 0.05) is 5.56 Å². The summed E-state index contributed by atoms with van der Waals surface area (Å²) in [5.41, 5.74) is 6.07. The molecule has 3 rings (SSSR count). The molecule has 0 spiro atoms. The second-order valence-electron chi connectivity index (χ2n) is 6.84. The van der Waals surface area contributed by atoms with Crippen LogP contribution in [0.2, 0.25) is 0 Å². The smallest absolute Gasteiger partial charge is 0.271 e. The topological polar surface area (TPSA) is 69.2 Å². The monoisotopic (exact) mass is 418 g/mol. The van der Waals surface area contributed by atoms with Crippen LogP contribution in [-0.2, 0) is 6.61 Å². The standard InChI is InChI=1S/C25H26N2O4/c1-4-30-22-12-10-21(11-13-22)25(28)27-26-16-20-9-14-23(24(15-20)29-3)31-17-19-7-5-18(2)6-8-19/h5-16H,4,17H2,1-3H3,(H,27,28)/b26-16+. The van der Waals surface area contributed by atoms with Crippen molar-refractivity contribution in [2.24, 2.45) is 5.10 Å². The lowest BCUT2D eigenvalue weighted by atomic mass is 10.2. The fourth-order valence-corrected chi connectivity index (χ4v) is 2.83. The fraction of sp³-hybridized carbons (Fsp3) is 0.200. The Kier molecular flexibility index (Phi) is 7.65. The van der Waals surface area contributed by atoms with Crippen LogP contribution in [0.3, 0.4) is 0 Å². The first-order valence-electron chi connectivity index (χ1n) is 10.0. The molecule has 6 heteroatoms. The van der Waals surface area contributed by atoms with Gasteiger partial charge in [-0.05, 0) is 67.4 Å². The van der Waals surface area contributed by atoms with E-state index in [9.17, 15) is 4.79 Å². The van der Waals surface area contributed by atoms with E-state index in [0.29, 0.717) is 30.3 Å². The van der Waals surface area contributed by atoms with E-state index in [4.69, 9.17) is 14.2 Å². The third-order valence-corrected chi connectivity index (χ3v) is 4.51. The number of methoxy groups -OCH3 is 1. The van der Waals surface area contributed by atoms with Crippen molar-refractivity contribution in [3.63, 3.8) is 0 Å². The number of aryl methyl sites for hydroxylation is 1. The van der Waals surface area contributed by atoms with Gasteiger partial charge < -0.3 is 14.2 Å². The molecule has 1 N–H and O–H groups in total. The van der Waals surface area contributed by atoms with E-state index < -0.39 is 0 Å². The fourth-order valence-electron chi connectivity index (χ4n) is 2.83. The van der Waals surface area contributed by atoms with Gasteiger partial charge in [0.1, 0.15) is 12.4 Å². The molecule has 6 nitrogen and oxygen atoms in total. The largest absolute Gasteiger partial charge is 0.494 e. The minimum atomic E-state index is -0.302. The number of hydrogen-bond acceptors (Lipinski definition) is 5. The molecular weight excluding hydrogens is 392 g/mol. The minimum absolute atomic E-state index is 0.302. The maximum Gasteiger partial charge on any atom is 0.271 e. The summed E-state index contributed by atoms with van der Waals surface area (Å²) >= 11 is 0. The average Bonchev–Trinajstić information content (AvgIpc) is 2.79. The Bertz CT molecular complexity index is 1030. The number of carbonyl (C=O) groups is 1. The van der Waals surface area contributed by atoms with E-state index in [1.54, 1.807) is 43.7 Å². The molecule has 160 valence electrons. The van der Waals surface area contributed by atoms with Gasteiger partial charge in [-0.1, -0.05) is 29.8 Å². The lowest BCUT2D eigenvalue weighted by Gasteiger charge is -2.11. The Morgan fingerprint density at radius 2 is 1.71 bits per heavy atom. The van der Waals surface area contributed by atoms with E-state index in [1.807, 2.05) is 31.2 Å². The van der Waals surface area contributed by atoms with Crippen LogP contribution in [-0.4, -0.2) is 25.8 Å². The number of amides is 1. The number of benzene rings is 3. The molecule has 1 amide bonds. The summed E-state index contributed by atoms with van der Waals surface area (Å²) in [6, 6.07) is 20.5. The Hall–Kier alpha value is -3.80. The van der Waals surface area contributed by atoms with Crippen molar-refractivity contribution in [2.45, 2.75) is 20.5 Å². The first-order chi connectivity index (χ1) is 15.1. The zero-order valence-electron chi connectivity index (χ0n) is 17.9. The van der Waals surface area contributed by atoms with E-state index in [-0.39, 0.29) is 5.91 Å². The molecular formula is C25H26N2O4. The molecule has 3 aromatic carbocycles. The van der Waals surface area contributed by atoms with Crippen LogP contribution in [0.25, 0.3) is 0 Å². The van der Waals surface area contributed by atoms with Crippen LogP contribution < -0.4 is 19.6 Å². The number of carbonyl (C=O) groups excluding carboxylic acids is 1. The van der Waals surface area contributed by atoms with Crippen LogP contribution in [0.4, 0.5) is 0 Å². The quantitative estimate of drug-likeness (QED) is 0.402. The Balaban J connectivity index is 1.58. The van der Waals surface area contributed by atoms with Crippen molar-refractivity contribution in [1.82, 2.24) is 5.43 Å². The number of hydrazone groups is 1. The molecule has 0 unspecified atom stereocenters. The molecule has 0 radical (unpaired) electrons. The van der Waals surface area contributed by atoms with Gasteiger partial charge in [0.15, 0.2) is 11.5 Å². The summed E-state index contributed by atoms with van der Waals surface area (Å²) in [6.07, 6.45) is 1.55. The first kappa shape index (κ1) is 21.9. The predicted molar refractivity (Wildman–Crippen MR) is 121 cm³/mol. The molecule has 0 atom stereocenters. The lowest BCUT2D eigenvalue weighted by molar-refractivity contribution is 0.0955. The van der Waals surface area contributed by atoms with Crippen LogP contribution in [0.15, 0.2) is 71.8 Å². The highest BCUT2D eigenvalue weighted by atomic mass is 16.5. The third-order valence-electron chi connectivity index (χ3n) is 4.51. The molecule has 0 saturated carbocycles. The van der Waals surface area contributed by atoms with Gasteiger partial charge in [-0.2, -0.15) is 5.10 Å². The molecule has 0 aliphatic carbocycles. The van der Waals surface area contributed by atoms with Gasteiger partial charge in [-0.3, -0.25) is 4.79 Å².